The van der Waals surface area contributed by atoms with E-state index >= 15 is 0 Å². The second kappa shape index (κ2) is 22.1. The molecule has 6 atom stereocenters. The van der Waals surface area contributed by atoms with E-state index in [1.807, 2.05) is 39.0 Å². The van der Waals surface area contributed by atoms with Gasteiger partial charge >= 0.3 is 5.97 Å². The molecule has 17 heteroatoms. The number of esters is 1. The molecule has 6 aliphatic heterocycles. The van der Waals surface area contributed by atoms with E-state index < -0.39 is 46.7 Å². The van der Waals surface area contributed by atoms with E-state index in [1.54, 1.807) is 23.1 Å². The highest BCUT2D eigenvalue weighted by Crippen LogP contribution is 2.44. The summed E-state index contributed by atoms with van der Waals surface area (Å²) < 4.78 is 25.5. The molecule has 0 saturated carbocycles. The fourth-order valence-electron chi connectivity index (χ4n) is 12.4. The number of aromatic nitrogens is 2. The highest BCUT2D eigenvalue weighted by molar-refractivity contribution is 5.98. The van der Waals surface area contributed by atoms with E-state index in [2.05, 4.69) is 89.2 Å². The van der Waals surface area contributed by atoms with Crippen LogP contribution in [0.3, 0.4) is 0 Å². The predicted molar refractivity (Wildman–Crippen MR) is 286 cm³/mol. The van der Waals surface area contributed by atoms with Crippen molar-refractivity contribution in [3.63, 3.8) is 0 Å². The Morgan fingerprint density at radius 1 is 0.961 bits per heavy atom. The quantitative estimate of drug-likeness (QED) is 0.163. The Morgan fingerprint density at radius 2 is 1.76 bits per heavy atom. The van der Waals surface area contributed by atoms with Gasteiger partial charge in [-0.05, 0) is 104 Å². The maximum Gasteiger partial charge on any atom is 0.324 e. The van der Waals surface area contributed by atoms with Crippen molar-refractivity contribution in [2.75, 3.05) is 72.9 Å². The highest BCUT2D eigenvalue weighted by atomic mass is 16.5. The molecule has 8 heterocycles. The first-order valence-corrected chi connectivity index (χ1v) is 27.4. The van der Waals surface area contributed by atoms with Gasteiger partial charge in [-0.15, -0.1) is 0 Å². The van der Waals surface area contributed by atoms with Gasteiger partial charge in [0, 0.05) is 80.9 Å². The van der Waals surface area contributed by atoms with E-state index in [0.29, 0.717) is 84.7 Å². The molecule has 5 fully saturated rings. The van der Waals surface area contributed by atoms with Crippen LogP contribution in [-0.4, -0.2) is 162 Å². The molecule has 2 aromatic heterocycles. The molecule has 6 aliphatic rings. The van der Waals surface area contributed by atoms with Crippen LogP contribution in [0, 0.1) is 28.6 Å². The third-order valence-corrected chi connectivity index (χ3v) is 16.7. The smallest absolute Gasteiger partial charge is 0.324 e. The number of rotatable bonds is 9. The van der Waals surface area contributed by atoms with Gasteiger partial charge in [0.25, 0.3) is 11.8 Å². The van der Waals surface area contributed by atoms with Crippen LogP contribution in [0.5, 0.6) is 0 Å². The van der Waals surface area contributed by atoms with Gasteiger partial charge in [-0.1, -0.05) is 63.9 Å². The average Bonchev–Trinajstić information content (AvgIpc) is 4.09. The monoisotopic (exact) mass is 1040 g/mol. The molecule has 4 aromatic rings. The van der Waals surface area contributed by atoms with Crippen LogP contribution in [0.2, 0.25) is 0 Å². The fourth-order valence-corrected chi connectivity index (χ4v) is 12.4. The van der Waals surface area contributed by atoms with Crippen molar-refractivity contribution in [1.82, 2.24) is 40.0 Å². The minimum Gasteiger partial charge on any atom is -0.464 e. The maximum atomic E-state index is 14.9. The Kier molecular flexibility index (Phi) is 15.5. The van der Waals surface area contributed by atoms with Crippen LogP contribution in [0.15, 0.2) is 60.8 Å². The van der Waals surface area contributed by atoms with Crippen molar-refractivity contribution in [2.45, 2.75) is 123 Å². The van der Waals surface area contributed by atoms with Crippen LogP contribution < -0.4 is 10.7 Å². The first kappa shape index (κ1) is 53.2. The lowest BCUT2D eigenvalue weighted by molar-refractivity contribution is -0.155. The first-order valence-electron chi connectivity index (χ1n) is 27.4. The summed E-state index contributed by atoms with van der Waals surface area (Å²) in [4.78, 5) is 82.6. The number of methoxy groups -OCH3 is 1. The number of fused-ring (bicyclic) bond motifs is 6. The number of pyridine rings is 1. The molecule has 0 radical (unpaired) electrons. The van der Waals surface area contributed by atoms with Crippen LogP contribution in [-0.2, 0) is 62.3 Å². The van der Waals surface area contributed by atoms with Crippen LogP contribution >= 0.6 is 0 Å². The third-order valence-electron chi connectivity index (χ3n) is 16.7. The van der Waals surface area contributed by atoms with E-state index in [4.69, 9.17) is 23.9 Å². The number of benzene rings is 2. The Balaban J connectivity index is 0.940. The molecular weight excluding hydrogens is 965 g/mol. The first-order chi connectivity index (χ1) is 36.6. The lowest BCUT2D eigenvalue weighted by Crippen LogP contribution is -2.62. The number of hydrazine groups is 1. The van der Waals surface area contributed by atoms with Gasteiger partial charge in [-0.2, -0.15) is 0 Å². The molecular formula is C59H74N8O9. The third kappa shape index (κ3) is 10.5. The number of cyclic esters (lactones) is 1. The number of likely N-dealkylation sites (tertiary alicyclic amines) is 2. The van der Waals surface area contributed by atoms with Crippen molar-refractivity contribution in [3.8, 4) is 34.2 Å². The molecule has 1 spiro atoms. The molecule has 4 amide bonds. The molecule has 2 aromatic carbocycles. The van der Waals surface area contributed by atoms with Crippen LogP contribution in [0.1, 0.15) is 90.2 Å². The number of morpholine rings is 1. The molecule has 2 N–H and O–H groups in total. The molecule has 0 aliphatic carbocycles. The number of amides is 4. The number of nitrogens with one attached hydrogen (secondary N) is 2. The molecule has 404 valence electrons. The normalized spacial score (nSPS) is 25.2. The molecule has 6 bridgehead atoms. The average molecular weight is 1040 g/mol. The van der Waals surface area contributed by atoms with Gasteiger partial charge in [0.2, 0.25) is 11.8 Å². The van der Waals surface area contributed by atoms with Crippen molar-refractivity contribution >= 4 is 40.5 Å². The summed E-state index contributed by atoms with van der Waals surface area (Å²) in [6, 6.07) is 16.0. The summed E-state index contributed by atoms with van der Waals surface area (Å²) in [5.41, 5.74) is 9.65. The van der Waals surface area contributed by atoms with Crippen molar-refractivity contribution in [1.29, 1.82) is 0 Å². The number of hydrogen-bond acceptors (Lipinski definition) is 12. The lowest BCUT2D eigenvalue weighted by Gasteiger charge is -2.42. The number of nitrogens with zero attached hydrogens (tertiary/aromatic N) is 6. The van der Waals surface area contributed by atoms with Gasteiger partial charge in [-0.25, -0.2) is 5.43 Å². The number of ether oxygens (including phenoxy) is 4. The highest BCUT2D eigenvalue weighted by Gasteiger charge is 2.54. The largest absolute Gasteiger partial charge is 0.464 e. The Labute approximate surface area is 446 Å². The van der Waals surface area contributed by atoms with E-state index in [9.17, 15) is 24.0 Å². The Hall–Kier alpha value is -6.16. The molecule has 5 saturated heterocycles. The summed E-state index contributed by atoms with van der Waals surface area (Å²) in [7, 11) is 1.69. The van der Waals surface area contributed by atoms with Crippen molar-refractivity contribution < 1.29 is 42.9 Å². The number of hydrogen-bond donors (Lipinski definition) is 2. The zero-order valence-corrected chi connectivity index (χ0v) is 45.2. The van der Waals surface area contributed by atoms with Gasteiger partial charge in [-0.3, -0.25) is 38.9 Å². The molecule has 76 heavy (non-hydrogen) atoms. The molecule has 0 unspecified atom stereocenters. The van der Waals surface area contributed by atoms with E-state index in [0.717, 1.165) is 56.7 Å². The zero-order chi connectivity index (χ0) is 53.5. The topological polar surface area (TPSA) is 177 Å². The van der Waals surface area contributed by atoms with Gasteiger partial charge < -0.3 is 38.6 Å². The maximum absolute atomic E-state index is 14.9. The summed E-state index contributed by atoms with van der Waals surface area (Å²) in [5, 5.41) is 5.67. The standard InChI is InChI=1S/C59H74N8O9/c1-8-64-49-18-16-41-30-45(49)46(53(64)44-14-10-22-60-51(44)38(4)73-7)31-58(5,6)36-76-56(71)47-15-11-23-67(62-47)55(70)48(29-39-12-9-13-40(41)28-39)61-54(69)52(37(2)3)66-25-21-59(57(66)72)20-24-63(35-59)50(68)19-17-42-32-74-27-26-65(42)43-33-75-34-43/h9-10,12-14,16,18,22,28,30,37-38,42-43,47-48,52,62H,8,11,15,20-21,23-27,29,31-36H2,1-7H3,(H,61,69)/t38-,42-,47-,48-,52-,59+/m0/s1. The Morgan fingerprint density at radius 3 is 2.53 bits per heavy atom. The summed E-state index contributed by atoms with van der Waals surface area (Å²) in [5.74, 6) is 3.95. The Bertz CT molecular complexity index is 2940. The van der Waals surface area contributed by atoms with Gasteiger partial charge in [0.15, 0.2) is 0 Å². The van der Waals surface area contributed by atoms with Crippen molar-refractivity contribution in [2.24, 2.45) is 16.7 Å². The summed E-state index contributed by atoms with van der Waals surface area (Å²) in [6.45, 7) is 17.3. The fraction of sp³-hybridized carbons (Fsp3) is 0.559. The minimum absolute atomic E-state index is 0.131. The van der Waals surface area contributed by atoms with Crippen LogP contribution in [0.4, 0.5) is 0 Å². The number of carbonyl (C=O) groups excluding carboxylic acids is 5. The molecule has 10 rings (SSSR count). The molecule has 17 nitrogen and oxygen atoms in total. The van der Waals surface area contributed by atoms with Gasteiger partial charge in [0.05, 0.1) is 68.0 Å². The second-order valence-electron chi connectivity index (χ2n) is 22.8. The van der Waals surface area contributed by atoms with Gasteiger partial charge in [0.1, 0.15) is 18.1 Å². The van der Waals surface area contributed by atoms with E-state index in [-0.39, 0.29) is 55.5 Å². The summed E-state index contributed by atoms with van der Waals surface area (Å²) >= 11 is 0. The SMILES string of the molecule is CCn1c(-c2cccnc2[C@H](C)OC)c2c3cc(ccc31)-c1cccc(c1)C[C@H](NC(=O)[C@H](C(C)C)N1CC[C@@]3(CCN(C(=O)C#C[C@H]4COCCN4C4COC4)C3)C1=O)C(=O)N1CCC[C@H](N1)C(=O)OCC(C)(C)C2. The minimum atomic E-state index is -1.06. The zero-order valence-electron chi connectivity index (χ0n) is 45.2. The number of carbonyl (C=O) groups is 5. The second-order valence-corrected chi connectivity index (χ2v) is 22.8. The van der Waals surface area contributed by atoms with E-state index in [1.165, 1.54) is 5.01 Å². The lowest BCUT2D eigenvalue weighted by atomic mass is 9.84. The number of aryl methyl sites for hydroxylation is 1. The summed E-state index contributed by atoms with van der Waals surface area (Å²) in [6.07, 6.45) is 4.24. The predicted octanol–water partition coefficient (Wildman–Crippen LogP) is 5.32. The van der Waals surface area contributed by atoms with Crippen molar-refractivity contribution in [3.05, 3.63) is 77.6 Å². The van der Waals surface area contributed by atoms with Crippen LogP contribution in [0.25, 0.3) is 33.3 Å².